The molecule has 0 bridgehead atoms. The van der Waals surface area contributed by atoms with Crippen LogP contribution in [0.3, 0.4) is 0 Å². The Morgan fingerprint density at radius 1 is 1.18 bits per heavy atom. The van der Waals surface area contributed by atoms with E-state index >= 15 is 0 Å². The SMILES string of the molecule is Cc1cc(F)ccc1NC(=O)c1cc(S(=O)(=O)N2CCC(C)CC2)c(C)n1C. The maximum Gasteiger partial charge on any atom is 0.272 e. The Kier molecular flexibility index (Phi) is 5.63. The van der Waals surface area contributed by atoms with Gasteiger partial charge in [0, 0.05) is 31.5 Å². The van der Waals surface area contributed by atoms with E-state index in [-0.39, 0.29) is 16.4 Å². The van der Waals surface area contributed by atoms with Crippen molar-refractivity contribution in [3.8, 4) is 0 Å². The van der Waals surface area contributed by atoms with Gasteiger partial charge in [-0.1, -0.05) is 6.92 Å². The van der Waals surface area contributed by atoms with Gasteiger partial charge < -0.3 is 9.88 Å². The van der Waals surface area contributed by atoms with Gasteiger partial charge in [0.25, 0.3) is 5.91 Å². The summed E-state index contributed by atoms with van der Waals surface area (Å²) < 4.78 is 42.5. The number of nitrogens with one attached hydrogen (secondary N) is 1. The molecular formula is C20H26FN3O3S. The first-order chi connectivity index (χ1) is 13.1. The second kappa shape index (κ2) is 7.67. The second-order valence-corrected chi connectivity index (χ2v) is 9.44. The highest BCUT2D eigenvalue weighted by molar-refractivity contribution is 7.89. The number of anilines is 1. The third kappa shape index (κ3) is 3.84. The summed E-state index contributed by atoms with van der Waals surface area (Å²) in [6, 6.07) is 5.52. The number of benzene rings is 1. The molecule has 1 amide bonds. The smallest absolute Gasteiger partial charge is 0.272 e. The van der Waals surface area contributed by atoms with Crippen molar-refractivity contribution in [2.45, 2.75) is 38.5 Å². The summed E-state index contributed by atoms with van der Waals surface area (Å²) >= 11 is 0. The largest absolute Gasteiger partial charge is 0.343 e. The number of rotatable bonds is 4. The molecule has 0 radical (unpaired) electrons. The van der Waals surface area contributed by atoms with Crippen LogP contribution in [0, 0.1) is 25.6 Å². The first kappa shape index (κ1) is 20.5. The zero-order valence-corrected chi connectivity index (χ0v) is 17.4. The van der Waals surface area contributed by atoms with E-state index in [9.17, 15) is 17.6 Å². The van der Waals surface area contributed by atoms with Crippen molar-refractivity contribution in [1.82, 2.24) is 8.87 Å². The lowest BCUT2D eigenvalue weighted by Crippen LogP contribution is -2.38. The van der Waals surface area contributed by atoms with Gasteiger partial charge in [0.15, 0.2) is 0 Å². The molecule has 28 heavy (non-hydrogen) atoms. The number of hydrogen-bond acceptors (Lipinski definition) is 3. The van der Waals surface area contributed by atoms with Crippen LogP contribution in [0.25, 0.3) is 0 Å². The first-order valence-electron chi connectivity index (χ1n) is 9.35. The Morgan fingerprint density at radius 2 is 1.82 bits per heavy atom. The number of carbonyl (C=O) groups is 1. The Balaban J connectivity index is 1.89. The molecule has 2 aromatic rings. The fourth-order valence-corrected chi connectivity index (χ4v) is 5.21. The summed E-state index contributed by atoms with van der Waals surface area (Å²) in [5, 5.41) is 2.74. The Labute approximate surface area is 165 Å². The molecule has 0 saturated carbocycles. The number of aryl methyl sites for hydroxylation is 1. The molecule has 0 aliphatic carbocycles. The molecule has 2 heterocycles. The average molecular weight is 408 g/mol. The van der Waals surface area contributed by atoms with E-state index in [0.717, 1.165) is 12.8 Å². The number of amides is 1. The minimum absolute atomic E-state index is 0.158. The monoisotopic (exact) mass is 407 g/mol. The number of aromatic nitrogens is 1. The van der Waals surface area contributed by atoms with Gasteiger partial charge in [-0.05, 0) is 62.4 Å². The molecule has 1 N–H and O–H groups in total. The molecule has 1 aromatic heterocycles. The maximum atomic E-state index is 13.3. The molecule has 1 aliphatic heterocycles. The van der Waals surface area contributed by atoms with Gasteiger partial charge in [0.05, 0.1) is 0 Å². The highest BCUT2D eigenvalue weighted by Crippen LogP contribution is 2.28. The number of sulfonamides is 1. The summed E-state index contributed by atoms with van der Waals surface area (Å²) in [5.41, 5.74) is 1.83. The third-order valence-electron chi connectivity index (χ3n) is 5.52. The molecule has 0 unspecified atom stereocenters. The summed E-state index contributed by atoms with van der Waals surface area (Å²) in [5.74, 6) is -0.299. The van der Waals surface area contributed by atoms with E-state index in [0.29, 0.717) is 36.0 Å². The highest BCUT2D eigenvalue weighted by atomic mass is 32.2. The predicted octanol–water partition coefficient (Wildman–Crippen LogP) is 3.45. The number of nitrogens with zero attached hydrogens (tertiary/aromatic N) is 2. The van der Waals surface area contributed by atoms with Crippen molar-refractivity contribution in [2.75, 3.05) is 18.4 Å². The Morgan fingerprint density at radius 3 is 2.43 bits per heavy atom. The average Bonchev–Trinajstić information content (AvgIpc) is 2.94. The standard InChI is InChI=1S/C20H26FN3O3S/c1-13-7-9-24(10-8-13)28(26,27)19-12-18(23(4)15(19)3)20(25)22-17-6-5-16(21)11-14(17)2/h5-6,11-13H,7-10H2,1-4H3,(H,22,25). The molecule has 1 aliphatic rings. The maximum absolute atomic E-state index is 13.3. The van der Waals surface area contributed by atoms with Crippen molar-refractivity contribution >= 4 is 21.6 Å². The van der Waals surface area contributed by atoms with Crippen molar-refractivity contribution in [3.63, 3.8) is 0 Å². The minimum atomic E-state index is -3.66. The Bertz CT molecular complexity index is 1010. The highest BCUT2D eigenvalue weighted by Gasteiger charge is 2.32. The number of halogens is 1. The topological polar surface area (TPSA) is 71.4 Å². The van der Waals surface area contributed by atoms with Crippen LogP contribution in [-0.4, -0.2) is 36.3 Å². The van der Waals surface area contributed by atoms with Crippen molar-refractivity contribution < 1.29 is 17.6 Å². The number of hydrogen-bond donors (Lipinski definition) is 1. The third-order valence-corrected chi connectivity index (χ3v) is 7.53. The van der Waals surface area contributed by atoms with Crippen LogP contribution in [0.5, 0.6) is 0 Å². The molecular weight excluding hydrogens is 381 g/mol. The van der Waals surface area contributed by atoms with Gasteiger partial charge in [-0.25, -0.2) is 12.8 Å². The van der Waals surface area contributed by atoms with E-state index in [4.69, 9.17) is 0 Å². The molecule has 0 atom stereocenters. The Hall–Kier alpha value is -2.19. The molecule has 3 rings (SSSR count). The second-order valence-electron chi connectivity index (χ2n) is 7.54. The minimum Gasteiger partial charge on any atom is -0.343 e. The van der Waals surface area contributed by atoms with Crippen molar-refractivity contribution in [3.05, 3.63) is 47.0 Å². The van der Waals surface area contributed by atoms with E-state index in [1.54, 1.807) is 25.5 Å². The van der Waals surface area contributed by atoms with Gasteiger partial charge in [0.1, 0.15) is 16.4 Å². The van der Waals surface area contributed by atoms with Crippen LogP contribution in [0.2, 0.25) is 0 Å². The molecule has 1 saturated heterocycles. The van der Waals surface area contributed by atoms with Crippen LogP contribution in [-0.2, 0) is 17.1 Å². The van der Waals surface area contributed by atoms with Gasteiger partial charge in [-0.3, -0.25) is 4.79 Å². The molecule has 152 valence electrons. The van der Waals surface area contributed by atoms with Crippen LogP contribution in [0.4, 0.5) is 10.1 Å². The molecule has 1 fully saturated rings. The van der Waals surface area contributed by atoms with Gasteiger partial charge in [-0.15, -0.1) is 0 Å². The molecule has 1 aromatic carbocycles. The fourth-order valence-electron chi connectivity index (χ4n) is 3.47. The quantitative estimate of drug-likeness (QED) is 0.844. The lowest BCUT2D eigenvalue weighted by molar-refractivity contribution is 0.101. The van der Waals surface area contributed by atoms with Crippen LogP contribution >= 0.6 is 0 Å². The predicted molar refractivity (Wildman–Crippen MR) is 106 cm³/mol. The molecule has 8 heteroatoms. The zero-order chi connectivity index (χ0) is 20.6. The van der Waals surface area contributed by atoms with Gasteiger partial charge in [-0.2, -0.15) is 4.31 Å². The zero-order valence-electron chi connectivity index (χ0n) is 16.6. The normalized spacial score (nSPS) is 16.3. The lowest BCUT2D eigenvalue weighted by Gasteiger charge is -2.29. The first-order valence-corrected chi connectivity index (χ1v) is 10.8. The van der Waals surface area contributed by atoms with Crippen molar-refractivity contribution in [2.24, 2.45) is 13.0 Å². The number of piperidine rings is 1. The van der Waals surface area contributed by atoms with Crippen molar-refractivity contribution in [1.29, 1.82) is 0 Å². The lowest BCUT2D eigenvalue weighted by atomic mass is 10.0. The summed E-state index contributed by atoms with van der Waals surface area (Å²) in [7, 11) is -1.99. The van der Waals surface area contributed by atoms with Gasteiger partial charge >= 0.3 is 0 Å². The van der Waals surface area contributed by atoms with E-state index < -0.39 is 15.9 Å². The number of carbonyl (C=O) groups excluding carboxylic acids is 1. The van der Waals surface area contributed by atoms with E-state index in [1.165, 1.54) is 28.6 Å². The van der Waals surface area contributed by atoms with E-state index in [1.807, 2.05) is 0 Å². The summed E-state index contributed by atoms with van der Waals surface area (Å²) in [6.45, 7) is 6.50. The van der Waals surface area contributed by atoms with E-state index in [2.05, 4.69) is 12.2 Å². The van der Waals surface area contributed by atoms with Crippen LogP contribution < -0.4 is 5.32 Å². The van der Waals surface area contributed by atoms with Crippen LogP contribution in [0.1, 0.15) is 41.5 Å². The molecule has 0 spiro atoms. The summed E-state index contributed by atoms with van der Waals surface area (Å²) in [6.07, 6.45) is 1.67. The van der Waals surface area contributed by atoms with Gasteiger partial charge in [0.2, 0.25) is 10.0 Å². The summed E-state index contributed by atoms with van der Waals surface area (Å²) in [4.78, 5) is 12.9. The van der Waals surface area contributed by atoms with Crippen LogP contribution in [0.15, 0.2) is 29.2 Å². The fraction of sp³-hybridized carbons (Fsp3) is 0.450. The molecule has 6 nitrogen and oxygen atoms in total.